The van der Waals surface area contributed by atoms with Crippen molar-refractivity contribution in [2.45, 2.75) is 44.9 Å². The van der Waals surface area contributed by atoms with Gasteiger partial charge in [-0.3, -0.25) is 9.69 Å². The number of rotatable bonds is 2. The maximum atomic E-state index is 12.2. The first-order chi connectivity index (χ1) is 9.47. The molecule has 1 aliphatic carbocycles. The molecule has 4 rings (SSSR count). The number of ether oxygens (including phenoxy) is 1. The highest BCUT2D eigenvalue weighted by Crippen LogP contribution is 2.67. The van der Waals surface area contributed by atoms with Gasteiger partial charge in [0.05, 0.1) is 11.5 Å². The molecule has 20 heavy (non-hydrogen) atoms. The lowest BCUT2D eigenvalue weighted by atomic mass is 9.47. The first kappa shape index (κ1) is 12.4. The van der Waals surface area contributed by atoms with E-state index < -0.39 is 0 Å². The molecule has 0 radical (unpaired) electrons. The normalized spacial score (nSPS) is 39.0. The van der Waals surface area contributed by atoms with Crippen molar-refractivity contribution in [3.8, 4) is 0 Å². The van der Waals surface area contributed by atoms with Crippen LogP contribution in [-0.4, -0.2) is 29.1 Å². The number of carbonyl (C=O) groups is 1. The molecule has 4 atom stereocenters. The van der Waals surface area contributed by atoms with Crippen LogP contribution in [-0.2, 0) is 9.53 Å². The molecule has 0 N–H and O–H groups in total. The molecule has 106 valence electrons. The van der Waals surface area contributed by atoms with Gasteiger partial charge in [0.15, 0.2) is 0 Å². The Labute approximate surface area is 119 Å². The summed E-state index contributed by atoms with van der Waals surface area (Å²) in [6.07, 6.45) is 1.19. The van der Waals surface area contributed by atoms with E-state index in [0.29, 0.717) is 6.04 Å². The molecule has 1 aromatic rings. The molecule has 1 spiro atoms. The number of hydrogen-bond acceptors (Lipinski definition) is 3. The van der Waals surface area contributed by atoms with Gasteiger partial charge < -0.3 is 4.74 Å². The van der Waals surface area contributed by atoms with Crippen molar-refractivity contribution in [1.82, 2.24) is 4.90 Å². The summed E-state index contributed by atoms with van der Waals surface area (Å²) < 4.78 is 5.61. The molecule has 2 heterocycles. The SMILES string of the molecule is C[C@H](c1ccccc1)N1CC2OC(=O)C3C(C)(C)CC231. The summed E-state index contributed by atoms with van der Waals surface area (Å²) in [5.41, 5.74) is 1.39. The third kappa shape index (κ3) is 1.27. The fourth-order valence-corrected chi connectivity index (χ4v) is 4.93. The smallest absolute Gasteiger partial charge is 0.311 e. The Hall–Kier alpha value is -1.35. The molecule has 3 fully saturated rings. The van der Waals surface area contributed by atoms with Crippen molar-refractivity contribution >= 4 is 5.97 Å². The minimum absolute atomic E-state index is 0.0180. The average molecular weight is 271 g/mol. The van der Waals surface area contributed by atoms with E-state index in [0.717, 1.165) is 13.0 Å². The number of benzene rings is 1. The van der Waals surface area contributed by atoms with Crippen molar-refractivity contribution in [3.05, 3.63) is 35.9 Å². The van der Waals surface area contributed by atoms with Crippen molar-refractivity contribution in [2.24, 2.45) is 11.3 Å². The maximum absolute atomic E-state index is 12.2. The number of likely N-dealkylation sites (tertiary alicyclic amines) is 1. The van der Waals surface area contributed by atoms with Gasteiger partial charge in [-0.2, -0.15) is 0 Å². The van der Waals surface area contributed by atoms with E-state index in [-0.39, 0.29) is 28.9 Å². The van der Waals surface area contributed by atoms with Crippen LogP contribution in [0, 0.1) is 11.3 Å². The maximum Gasteiger partial charge on any atom is 0.311 e. The number of carbonyl (C=O) groups excluding carboxylic acids is 1. The first-order valence-corrected chi connectivity index (χ1v) is 7.49. The second-order valence-electron chi connectivity index (χ2n) is 7.25. The first-order valence-electron chi connectivity index (χ1n) is 7.49. The van der Waals surface area contributed by atoms with Crippen LogP contribution in [0.1, 0.15) is 38.8 Å². The molecular weight excluding hydrogens is 250 g/mol. The molecule has 2 aliphatic heterocycles. The number of hydrogen-bond donors (Lipinski definition) is 0. The standard InChI is InChI=1S/C17H21NO2/c1-11(12-7-5-4-6-8-12)18-9-13-17(18)10-16(2,3)14(17)15(19)20-13/h4-8,11,13-14H,9-10H2,1-3H3/t11-,13?,14?,17?/m1/s1. The molecule has 2 saturated heterocycles. The summed E-state index contributed by atoms with van der Waals surface area (Å²) in [7, 11) is 0. The second kappa shape index (κ2) is 3.64. The molecule has 3 aliphatic rings. The molecule has 0 bridgehead atoms. The van der Waals surface area contributed by atoms with Gasteiger partial charge in [-0.1, -0.05) is 44.2 Å². The summed E-state index contributed by atoms with van der Waals surface area (Å²) in [5.74, 6) is 0.0777. The fourth-order valence-electron chi connectivity index (χ4n) is 4.93. The van der Waals surface area contributed by atoms with Crippen LogP contribution >= 0.6 is 0 Å². The van der Waals surface area contributed by atoms with Gasteiger partial charge in [-0.25, -0.2) is 0 Å². The molecule has 1 aromatic carbocycles. The zero-order chi connectivity index (χ0) is 14.1. The third-order valence-corrected chi connectivity index (χ3v) is 5.72. The minimum Gasteiger partial charge on any atom is -0.459 e. The van der Waals surface area contributed by atoms with Crippen LogP contribution in [0.5, 0.6) is 0 Å². The Balaban J connectivity index is 1.66. The van der Waals surface area contributed by atoms with Gasteiger partial charge in [0.25, 0.3) is 0 Å². The summed E-state index contributed by atoms with van der Waals surface area (Å²) in [6, 6.07) is 10.9. The Kier molecular flexibility index (Phi) is 2.26. The van der Waals surface area contributed by atoms with Crippen LogP contribution in [0.4, 0.5) is 0 Å². The molecule has 3 heteroatoms. The molecule has 0 aromatic heterocycles. The van der Waals surface area contributed by atoms with Crippen LogP contribution < -0.4 is 0 Å². The van der Waals surface area contributed by atoms with Gasteiger partial charge in [-0.15, -0.1) is 0 Å². The fraction of sp³-hybridized carbons (Fsp3) is 0.588. The molecular formula is C17H21NO2. The van der Waals surface area contributed by atoms with Crippen molar-refractivity contribution in [3.63, 3.8) is 0 Å². The van der Waals surface area contributed by atoms with E-state index >= 15 is 0 Å². The third-order valence-electron chi connectivity index (χ3n) is 5.72. The summed E-state index contributed by atoms with van der Waals surface area (Å²) in [4.78, 5) is 14.7. The highest BCUT2D eigenvalue weighted by atomic mass is 16.6. The Morgan fingerprint density at radius 1 is 1.30 bits per heavy atom. The minimum atomic E-state index is -0.0180. The van der Waals surface area contributed by atoms with E-state index in [1.807, 2.05) is 6.07 Å². The van der Waals surface area contributed by atoms with Crippen molar-refractivity contribution in [2.75, 3.05) is 6.54 Å². The Bertz CT molecular complexity index is 568. The molecule has 3 nitrogen and oxygen atoms in total. The predicted molar refractivity (Wildman–Crippen MR) is 76.1 cm³/mol. The van der Waals surface area contributed by atoms with Gasteiger partial charge in [0, 0.05) is 12.6 Å². The van der Waals surface area contributed by atoms with Gasteiger partial charge in [0.2, 0.25) is 0 Å². The largest absolute Gasteiger partial charge is 0.459 e. The topological polar surface area (TPSA) is 29.5 Å². The van der Waals surface area contributed by atoms with Crippen LogP contribution in [0.2, 0.25) is 0 Å². The van der Waals surface area contributed by atoms with Gasteiger partial charge in [-0.05, 0) is 24.3 Å². The lowest BCUT2D eigenvalue weighted by molar-refractivity contribution is -0.214. The lowest BCUT2D eigenvalue weighted by Gasteiger charge is -2.68. The van der Waals surface area contributed by atoms with Gasteiger partial charge in [0.1, 0.15) is 6.10 Å². The predicted octanol–water partition coefficient (Wildman–Crippen LogP) is 2.77. The van der Waals surface area contributed by atoms with E-state index in [1.165, 1.54) is 5.56 Å². The molecule has 0 amide bonds. The monoisotopic (exact) mass is 271 g/mol. The summed E-state index contributed by atoms with van der Waals surface area (Å²) in [6.45, 7) is 7.51. The molecule has 3 unspecified atom stereocenters. The average Bonchev–Trinajstić information content (AvgIpc) is 2.58. The van der Waals surface area contributed by atoms with E-state index in [1.54, 1.807) is 0 Å². The number of esters is 1. The Morgan fingerprint density at radius 3 is 2.65 bits per heavy atom. The highest BCUT2D eigenvalue weighted by Gasteiger charge is 2.78. The zero-order valence-electron chi connectivity index (χ0n) is 12.3. The van der Waals surface area contributed by atoms with Crippen LogP contribution in [0.25, 0.3) is 0 Å². The number of nitrogens with zero attached hydrogens (tertiary/aromatic N) is 1. The summed E-state index contributed by atoms with van der Waals surface area (Å²) >= 11 is 0. The zero-order valence-corrected chi connectivity index (χ0v) is 12.3. The van der Waals surface area contributed by atoms with E-state index in [4.69, 9.17) is 4.74 Å². The summed E-state index contributed by atoms with van der Waals surface area (Å²) in [5, 5.41) is 0. The van der Waals surface area contributed by atoms with Crippen molar-refractivity contribution < 1.29 is 9.53 Å². The quantitative estimate of drug-likeness (QED) is 0.775. The molecule has 1 saturated carbocycles. The van der Waals surface area contributed by atoms with Gasteiger partial charge >= 0.3 is 5.97 Å². The van der Waals surface area contributed by atoms with Crippen LogP contribution in [0.15, 0.2) is 30.3 Å². The Morgan fingerprint density at radius 2 is 2.00 bits per heavy atom. The highest BCUT2D eigenvalue weighted by molar-refractivity contribution is 5.81. The van der Waals surface area contributed by atoms with E-state index in [2.05, 4.69) is 49.9 Å². The second-order valence-corrected chi connectivity index (χ2v) is 7.25. The van der Waals surface area contributed by atoms with E-state index in [9.17, 15) is 4.79 Å². The lowest BCUT2D eigenvalue weighted by Crippen LogP contribution is -2.79. The van der Waals surface area contributed by atoms with Crippen molar-refractivity contribution in [1.29, 1.82) is 0 Å². The van der Waals surface area contributed by atoms with Crippen LogP contribution in [0.3, 0.4) is 0 Å².